The van der Waals surface area contributed by atoms with E-state index in [1.54, 1.807) is 0 Å². The van der Waals surface area contributed by atoms with Gasteiger partial charge in [-0.2, -0.15) is 0 Å². The van der Waals surface area contributed by atoms with Crippen LogP contribution in [0, 0.1) is 23.2 Å². The predicted octanol–water partition coefficient (Wildman–Crippen LogP) is 5.39. The average Bonchev–Trinajstić information content (AvgIpc) is 3.03. The fourth-order valence-electron chi connectivity index (χ4n) is 7.13. The largest absolute Gasteiger partial charge is 0.426 e. The van der Waals surface area contributed by atoms with Gasteiger partial charge in [-0.3, -0.25) is 4.79 Å². The summed E-state index contributed by atoms with van der Waals surface area (Å²) >= 11 is 0. The third kappa shape index (κ3) is 3.01. The molecule has 0 bridgehead atoms. The van der Waals surface area contributed by atoms with E-state index in [0.717, 1.165) is 50.7 Å². The SMILES string of the molecule is C[C@]12CC[C@@H]3c4ccc(OC(=O)C5CCCCC5)cc4CC[C@H]3[C@@H]1CCC2O. The molecule has 152 valence electrons. The van der Waals surface area contributed by atoms with E-state index in [4.69, 9.17) is 4.74 Å². The number of carbonyl (C=O) groups is 1. The van der Waals surface area contributed by atoms with Gasteiger partial charge in [-0.1, -0.05) is 32.3 Å². The molecule has 1 aromatic carbocycles. The van der Waals surface area contributed by atoms with E-state index in [2.05, 4.69) is 19.1 Å². The van der Waals surface area contributed by atoms with E-state index in [1.807, 2.05) is 6.07 Å². The van der Waals surface area contributed by atoms with Gasteiger partial charge in [-0.05, 0) is 97.8 Å². The van der Waals surface area contributed by atoms with Crippen LogP contribution in [-0.4, -0.2) is 17.2 Å². The first-order chi connectivity index (χ1) is 13.6. The Hall–Kier alpha value is -1.35. The molecule has 1 unspecified atom stereocenters. The van der Waals surface area contributed by atoms with Crippen LogP contribution in [-0.2, 0) is 11.2 Å². The van der Waals surface area contributed by atoms with Crippen LogP contribution in [0.4, 0.5) is 0 Å². The number of hydrogen-bond acceptors (Lipinski definition) is 3. The summed E-state index contributed by atoms with van der Waals surface area (Å²) in [4.78, 5) is 12.5. The Morgan fingerprint density at radius 2 is 1.89 bits per heavy atom. The van der Waals surface area contributed by atoms with Crippen LogP contribution in [0.1, 0.15) is 88.2 Å². The minimum atomic E-state index is -0.110. The highest BCUT2D eigenvalue weighted by Crippen LogP contribution is 2.60. The van der Waals surface area contributed by atoms with Gasteiger partial charge in [0.05, 0.1) is 12.0 Å². The molecule has 5 rings (SSSR count). The molecule has 1 aromatic rings. The van der Waals surface area contributed by atoms with Gasteiger partial charge < -0.3 is 9.84 Å². The minimum absolute atomic E-state index is 0.0262. The number of benzene rings is 1. The quantitative estimate of drug-likeness (QED) is 0.551. The van der Waals surface area contributed by atoms with Crippen molar-refractivity contribution < 1.29 is 14.6 Å². The first-order valence-electron chi connectivity index (χ1n) is 11.6. The summed E-state index contributed by atoms with van der Waals surface area (Å²) in [6, 6.07) is 6.41. The number of aliphatic hydroxyl groups excluding tert-OH is 1. The molecule has 28 heavy (non-hydrogen) atoms. The number of esters is 1. The third-order valence-corrected chi connectivity index (χ3v) is 8.80. The molecular formula is C25H34O3. The number of hydrogen-bond donors (Lipinski definition) is 1. The van der Waals surface area contributed by atoms with Crippen molar-refractivity contribution in [2.45, 2.75) is 89.6 Å². The molecule has 0 radical (unpaired) electrons. The van der Waals surface area contributed by atoms with Crippen LogP contribution in [0.2, 0.25) is 0 Å². The van der Waals surface area contributed by atoms with E-state index in [1.165, 1.54) is 36.8 Å². The monoisotopic (exact) mass is 382 g/mol. The molecule has 3 saturated carbocycles. The summed E-state index contributed by atoms with van der Waals surface area (Å²) in [5, 5.41) is 10.5. The zero-order valence-electron chi connectivity index (χ0n) is 17.2. The fraction of sp³-hybridized carbons (Fsp3) is 0.720. The Kier molecular flexibility index (Phi) is 4.77. The number of rotatable bonds is 2. The van der Waals surface area contributed by atoms with Crippen molar-refractivity contribution in [2.75, 3.05) is 0 Å². The number of ether oxygens (including phenoxy) is 1. The van der Waals surface area contributed by atoms with Crippen molar-refractivity contribution in [3.8, 4) is 5.75 Å². The van der Waals surface area contributed by atoms with E-state index in [0.29, 0.717) is 17.8 Å². The van der Waals surface area contributed by atoms with Crippen molar-refractivity contribution in [1.82, 2.24) is 0 Å². The van der Waals surface area contributed by atoms with Crippen molar-refractivity contribution in [1.29, 1.82) is 0 Å². The maximum absolute atomic E-state index is 12.5. The number of aliphatic hydroxyl groups is 1. The second kappa shape index (κ2) is 7.16. The van der Waals surface area contributed by atoms with Gasteiger partial charge >= 0.3 is 5.97 Å². The molecule has 0 aromatic heterocycles. The minimum Gasteiger partial charge on any atom is -0.426 e. The van der Waals surface area contributed by atoms with E-state index in [-0.39, 0.29) is 23.4 Å². The molecule has 4 aliphatic carbocycles. The normalized spacial score (nSPS) is 37.6. The highest BCUT2D eigenvalue weighted by molar-refractivity contribution is 5.75. The summed E-state index contributed by atoms with van der Waals surface area (Å²) in [7, 11) is 0. The molecule has 0 amide bonds. The predicted molar refractivity (Wildman–Crippen MR) is 109 cm³/mol. The van der Waals surface area contributed by atoms with Gasteiger partial charge in [0, 0.05) is 0 Å². The molecule has 0 heterocycles. The van der Waals surface area contributed by atoms with Crippen molar-refractivity contribution in [2.24, 2.45) is 23.2 Å². The Bertz CT molecular complexity index is 750. The maximum Gasteiger partial charge on any atom is 0.314 e. The number of aryl methyl sites for hydroxylation is 1. The Balaban J connectivity index is 1.33. The van der Waals surface area contributed by atoms with Gasteiger partial charge in [-0.15, -0.1) is 0 Å². The lowest BCUT2D eigenvalue weighted by Gasteiger charge is -2.50. The molecular weight excluding hydrogens is 348 g/mol. The van der Waals surface area contributed by atoms with Gasteiger partial charge in [0.25, 0.3) is 0 Å². The maximum atomic E-state index is 12.5. The van der Waals surface area contributed by atoms with Crippen molar-refractivity contribution in [3.63, 3.8) is 0 Å². The molecule has 3 fully saturated rings. The van der Waals surface area contributed by atoms with E-state index < -0.39 is 0 Å². The third-order valence-electron chi connectivity index (χ3n) is 8.80. The second-order valence-electron chi connectivity index (χ2n) is 10.2. The van der Waals surface area contributed by atoms with Crippen LogP contribution < -0.4 is 4.74 Å². The van der Waals surface area contributed by atoms with E-state index in [9.17, 15) is 9.90 Å². The first-order valence-corrected chi connectivity index (χ1v) is 11.6. The zero-order valence-corrected chi connectivity index (χ0v) is 17.2. The molecule has 4 aliphatic rings. The van der Waals surface area contributed by atoms with Gasteiger partial charge in [0.1, 0.15) is 5.75 Å². The van der Waals surface area contributed by atoms with Crippen molar-refractivity contribution >= 4 is 5.97 Å². The van der Waals surface area contributed by atoms with Crippen LogP contribution in [0.25, 0.3) is 0 Å². The smallest absolute Gasteiger partial charge is 0.314 e. The molecule has 3 nitrogen and oxygen atoms in total. The Morgan fingerprint density at radius 3 is 2.71 bits per heavy atom. The highest BCUT2D eigenvalue weighted by Gasteiger charge is 2.54. The topological polar surface area (TPSA) is 46.5 Å². The summed E-state index contributed by atoms with van der Waals surface area (Å²) < 4.78 is 5.78. The van der Waals surface area contributed by atoms with Crippen LogP contribution in [0.5, 0.6) is 5.75 Å². The lowest BCUT2D eigenvalue weighted by atomic mass is 9.55. The zero-order chi connectivity index (χ0) is 19.3. The molecule has 3 heteroatoms. The van der Waals surface area contributed by atoms with Gasteiger partial charge in [0.15, 0.2) is 0 Å². The van der Waals surface area contributed by atoms with Crippen LogP contribution in [0.3, 0.4) is 0 Å². The van der Waals surface area contributed by atoms with Gasteiger partial charge in [0.2, 0.25) is 0 Å². The molecule has 0 saturated heterocycles. The summed E-state index contributed by atoms with van der Waals surface area (Å²) in [6.07, 6.45) is 12.2. The van der Waals surface area contributed by atoms with E-state index >= 15 is 0 Å². The number of fused-ring (bicyclic) bond motifs is 5. The highest BCUT2D eigenvalue weighted by atomic mass is 16.5. The Labute approximate surface area is 168 Å². The fourth-order valence-corrected chi connectivity index (χ4v) is 7.13. The average molecular weight is 383 g/mol. The van der Waals surface area contributed by atoms with Crippen LogP contribution in [0.15, 0.2) is 18.2 Å². The summed E-state index contributed by atoms with van der Waals surface area (Å²) in [5.74, 6) is 2.80. The number of carbonyl (C=O) groups excluding carboxylic acids is 1. The lowest BCUT2D eigenvalue weighted by molar-refractivity contribution is -0.139. The Morgan fingerprint density at radius 1 is 1.07 bits per heavy atom. The van der Waals surface area contributed by atoms with Crippen molar-refractivity contribution in [3.05, 3.63) is 29.3 Å². The summed E-state index contributed by atoms with van der Waals surface area (Å²) in [6.45, 7) is 2.33. The summed E-state index contributed by atoms with van der Waals surface area (Å²) in [5.41, 5.74) is 3.00. The van der Waals surface area contributed by atoms with Crippen LogP contribution >= 0.6 is 0 Å². The molecule has 5 atom stereocenters. The molecule has 0 aliphatic heterocycles. The second-order valence-corrected chi connectivity index (χ2v) is 10.2. The molecule has 1 N–H and O–H groups in total. The van der Waals surface area contributed by atoms with Gasteiger partial charge in [-0.25, -0.2) is 0 Å². The molecule has 0 spiro atoms. The standard InChI is InChI=1S/C25H34O3/c1-25-14-13-20-19-10-8-18(28-24(27)16-5-3-2-4-6-16)15-17(19)7-9-21(20)22(25)11-12-23(25)26/h8,10,15-16,20-23,26H,2-7,9,11-14H2,1H3/t20-,21-,22+,23?,25+/m1/s1. The first kappa shape index (κ1) is 18.7. The lowest BCUT2D eigenvalue weighted by Crippen LogP contribution is -2.43.